The topological polar surface area (TPSA) is 3.24 Å². The molecule has 282 valence electrons. The second kappa shape index (κ2) is 15.1. The molecule has 0 aliphatic heterocycles. The smallest absolute Gasteiger partial charge is 0.0467 e. The summed E-state index contributed by atoms with van der Waals surface area (Å²) in [5.74, 6) is 0.667. The summed E-state index contributed by atoms with van der Waals surface area (Å²) in [5.41, 5.74) is 20.1. The lowest BCUT2D eigenvalue weighted by molar-refractivity contribution is 0.444. The van der Waals surface area contributed by atoms with Gasteiger partial charge in [0.1, 0.15) is 0 Å². The van der Waals surface area contributed by atoms with Gasteiger partial charge < -0.3 is 4.90 Å². The molecular formula is C57H49N. The Morgan fingerprint density at radius 2 is 0.914 bits per heavy atom. The van der Waals surface area contributed by atoms with E-state index in [4.69, 9.17) is 0 Å². The molecule has 0 N–H and O–H groups in total. The van der Waals surface area contributed by atoms with Gasteiger partial charge in [-0.15, -0.1) is 0 Å². The van der Waals surface area contributed by atoms with Crippen LogP contribution >= 0.6 is 0 Å². The van der Waals surface area contributed by atoms with Crippen molar-refractivity contribution in [2.24, 2.45) is 0 Å². The SMILES string of the molecule is CC1(C)c2ccccc2-c2ccc(N(c3ccc(-c4c(-c5ccccc5)cccc4-c4ccccc4)cc3)c3cccc(-c4cccc(C5CCCCC5)c4)c3)cc21. The summed E-state index contributed by atoms with van der Waals surface area (Å²) in [7, 11) is 0. The van der Waals surface area contributed by atoms with E-state index in [2.05, 4.69) is 213 Å². The Labute approximate surface area is 344 Å². The monoisotopic (exact) mass is 747 g/mol. The van der Waals surface area contributed by atoms with Gasteiger partial charge in [0.15, 0.2) is 0 Å². The van der Waals surface area contributed by atoms with Gasteiger partial charge in [0.25, 0.3) is 0 Å². The molecular weight excluding hydrogens is 699 g/mol. The van der Waals surface area contributed by atoms with Crippen LogP contribution in [0.15, 0.2) is 194 Å². The van der Waals surface area contributed by atoms with Gasteiger partial charge in [0.2, 0.25) is 0 Å². The van der Waals surface area contributed by atoms with Gasteiger partial charge in [0, 0.05) is 22.5 Å². The van der Waals surface area contributed by atoms with Crippen LogP contribution in [-0.4, -0.2) is 0 Å². The quantitative estimate of drug-likeness (QED) is 0.150. The molecule has 0 saturated heterocycles. The normalized spacial score (nSPS) is 14.4. The van der Waals surface area contributed by atoms with Gasteiger partial charge in [-0.25, -0.2) is 0 Å². The van der Waals surface area contributed by atoms with Crippen LogP contribution in [0.25, 0.3) is 55.6 Å². The van der Waals surface area contributed by atoms with E-state index in [1.54, 1.807) is 0 Å². The van der Waals surface area contributed by atoms with Gasteiger partial charge in [0.05, 0.1) is 0 Å². The van der Waals surface area contributed by atoms with Gasteiger partial charge in [-0.05, 0) is 127 Å². The molecule has 0 radical (unpaired) electrons. The first kappa shape index (κ1) is 35.9. The molecule has 0 atom stereocenters. The molecule has 1 heteroatoms. The second-order valence-corrected chi connectivity index (χ2v) is 16.8. The van der Waals surface area contributed by atoms with Gasteiger partial charge >= 0.3 is 0 Å². The minimum atomic E-state index is -0.103. The van der Waals surface area contributed by atoms with Crippen LogP contribution < -0.4 is 4.90 Å². The summed E-state index contributed by atoms with van der Waals surface area (Å²) in [6.07, 6.45) is 6.65. The molecule has 2 aliphatic carbocycles. The molecule has 0 spiro atoms. The molecule has 0 heterocycles. The third-order valence-electron chi connectivity index (χ3n) is 12.9. The van der Waals surface area contributed by atoms with Crippen molar-refractivity contribution in [3.63, 3.8) is 0 Å². The van der Waals surface area contributed by atoms with Crippen molar-refractivity contribution in [3.8, 4) is 55.6 Å². The maximum Gasteiger partial charge on any atom is 0.0467 e. The van der Waals surface area contributed by atoms with Gasteiger partial charge in [-0.1, -0.05) is 191 Å². The van der Waals surface area contributed by atoms with Crippen LogP contribution in [0.4, 0.5) is 17.1 Å². The highest BCUT2D eigenvalue weighted by atomic mass is 15.1. The van der Waals surface area contributed by atoms with E-state index >= 15 is 0 Å². The van der Waals surface area contributed by atoms with E-state index in [0.29, 0.717) is 5.92 Å². The summed E-state index contributed by atoms with van der Waals surface area (Å²) < 4.78 is 0. The molecule has 2 aliphatic rings. The molecule has 0 unspecified atom stereocenters. The van der Waals surface area contributed by atoms with Gasteiger partial charge in [-0.2, -0.15) is 0 Å². The van der Waals surface area contributed by atoms with Crippen molar-refractivity contribution >= 4 is 17.1 Å². The zero-order valence-electron chi connectivity index (χ0n) is 33.5. The van der Waals surface area contributed by atoms with Crippen LogP contribution in [-0.2, 0) is 5.41 Å². The van der Waals surface area contributed by atoms with Crippen molar-refractivity contribution in [1.29, 1.82) is 0 Å². The number of anilines is 3. The third kappa shape index (κ3) is 6.55. The zero-order valence-corrected chi connectivity index (χ0v) is 33.5. The summed E-state index contributed by atoms with van der Waals surface area (Å²) in [4.78, 5) is 2.46. The van der Waals surface area contributed by atoms with E-state index in [1.165, 1.54) is 104 Å². The number of fused-ring (bicyclic) bond motifs is 3. The first-order valence-electron chi connectivity index (χ1n) is 21.1. The standard InChI is InChI=1S/C57H49N/c1-57(2)54-30-13-12-27-52(54)53-36-35-49(39-55(53)57)58(48-26-15-25-46(38-48)45-24-14-23-44(37-45)40-17-6-3-7-18-40)47-33-31-43(32-34-47)56-50(41-19-8-4-9-20-41)28-16-29-51(56)42-21-10-5-11-22-42/h4-5,8-16,19-40H,3,6-7,17-18H2,1-2H3. The fourth-order valence-electron chi connectivity index (χ4n) is 9.87. The highest BCUT2D eigenvalue weighted by Gasteiger charge is 2.35. The van der Waals surface area contributed by atoms with Crippen molar-refractivity contribution in [1.82, 2.24) is 0 Å². The Hall–Kier alpha value is -6.44. The maximum absolute atomic E-state index is 2.46. The fourth-order valence-corrected chi connectivity index (χ4v) is 9.87. The molecule has 1 saturated carbocycles. The lowest BCUT2D eigenvalue weighted by atomic mass is 9.82. The molecule has 0 amide bonds. The number of rotatable bonds is 8. The Morgan fingerprint density at radius 1 is 0.379 bits per heavy atom. The molecule has 1 nitrogen and oxygen atoms in total. The fraction of sp³-hybridized carbons (Fsp3) is 0.158. The Bertz CT molecular complexity index is 2660. The van der Waals surface area contributed by atoms with Crippen LogP contribution in [0.2, 0.25) is 0 Å². The average Bonchev–Trinajstić information content (AvgIpc) is 3.52. The maximum atomic E-state index is 2.46. The van der Waals surface area contributed by atoms with Crippen LogP contribution in [0, 0.1) is 0 Å². The summed E-state index contributed by atoms with van der Waals surface area (Å²) in [6, 6.07) is 72.1. The molecule has 58 heavy (non-hydrogen) atoms. The van der Waals surface area contributed by atoms with Crippen LogP contribution in [0.3, 0.4) is 0 Å². The molecule has 1 fully saturated rings. The van der Waals surface area contributed by atoms with Crippen molar-refractivity contribution in [3.05, 3.63) is 211 Å². The lowest BCUT2D eigenvalue weighted by Gasteiger charge is -2.29. The van der Waals surface area contributed by atoms with E-state index in [0.717, 1.165) is 17.1 Å². The number of nitrogens with zero attached hydrogens (tertiary/aromatic N) is 1. The van der Waals surface area contributed by atoms with E-state index in [1.807, 2.05) is 0 Å². The Morgan fingerprint density at radius 3 is 1.62 bits per heavy atom. The number of hydrogen-bond acceptors (Lipinski definition) is 1. The lowest BCUT2D eigenvalue weighted by Crippen LogP contribution is -2.16. The van der Waals surface area contributed by atoms with Crippen molar-refractivity contribution < 1.29 is 0 Å². The first-order valence-corrected chi connectivity index (χ1v) is 21.1. The Balaban J connectivity index is 1.11. The summed E-state index contributed by atoms with van der Waals surface area (Å²) >= 11 is 0. The third-order valence-corrected chi connectivity index (χ3v) is 12.9. The minimum absolute atomic E-state index is 0.103. The van der Waals surface area contributed by atoms with E-state index in [-0.39, 0.29) is 5.41 Å². The average molecular weight is 748 g/mol. The molecule has 8 aromatic carbocycles. The molecule has 0 bridgehead atoms. The van der Waals surface area contributed by atoms with Crippen molar-refractivity contribution in [2.75, 3.05) is 4.90 Å². The largest absolute Gasteiger partial charge is 0.310 e. The Kier molecular flexibility index (Phi) is 9.38. The highest BCUT2D eigenvalue weighted by Crippen LogP contribution is 2.51. The molecule has 10 rings (SSSR count). The van der Waals surface area contributed by atoms with Crippen LogP contribution in [0.1, 0.15) is 68.6 Å². The molecule has 0 aromatic heterocycles. The number of benzene rings is 8. The first-order chi connectivity index (χ1) is 28.5. The van der Waals surface area contributed by atoms with Gasteiger partial charge in [-0.3, -0.25) is 0 Å². The minimum Gasteiger partial charge on any atom is -0.310 e. The summed E-state index contributed by atoms with van der Waals surface area (Å²) in [6.45, 7) is 4.74. The van der Waals surface area contributed by atoms with E-state index in [9.17, 15) is 0 Å². The number of hydrogen-bond donors (Lipinski definition) is 0. The van der Waals surface area contributed by atoms with E-state index < -0.39 is 0 Å². The predicted octanol–water partition coefficient (Wildman–Crippen LogP) is 16.2. The second-order valence-electron chi connectivity index (χ2n) is 16.8. The predicted molar refractivity (Wildman–Crippen MR) is 246 cm³/mol. The van der Waals surface area contributed by atoms with Crippen molar-refractivity contribution in [2.45, 2.75) is 57.3 Å². The van der Waals surface area contributed by atoms with Crippen LogP contribution in [0.5, 0.6) is 0 Å². The molecule has 8 aromatic rings. The summed E-state index contributed by atoms with van der Waals surface area (Å²) in [5, 5.41) is 0. The highest BCUT2D eigenvalue weighted by molar-refractivity contribution is 5.95. The zero-order chi connectivity index (χ0) is 39.1.